The summed E-state index contributed by atoms with van der Waals surface area (Å²) in [6, 6.07) is 14.1. The van der Waals surface area contributed by atoms with Gasteiger partial charge in [0.1, 0.15) is 0 Å². The van der Waals surface area contributed by atoms with Crippen molar-refractivity contribution in [3.05, 3.63) is 53.7 Å². The molecule has 2 saturated carbocycles. The number of hydrogen-bond acceptors (Lipinski definition) is 4. The Balaban J connectivity index is 1.26. The summed E-state index contributed by atoms with van der Waals surface area (Å²) < 4.78 is 13.4. The zero-order valence-electron chi connectivity index (χ0n) is 23.5. The lowest BCUT2D eigenvalue weighted by atomic mass is 9.90. The number of aromatic nitrogens is 1. The number of anilines is 1. The van der Waals surface area contributed by atoms with Gasteiger partial charge < -0.3 is 24.5 Å². The van der Waals surface area contributed by atoms with Gasteiger partial charge in [-0.25, -0.2) is 0 Å². The first kappa shape index (κ1) is 25.3. The second-order valence-electron chi connectivity index (χ2n) is 13.7. The van der Waals surface area contributed by atoms with Crippen molar-refractivity contribution in [2.45, 2.75) is 97.0 Å². The van der Waals surface area contributed by atoms with Gasteiger partial charge in [0.2, 0.25) is 5.91 Å². The lowest BCUT2D eigenvalue weighted by Crippen LogP contribution is -2.33. The van der Waals surface area contributed by atoms with E-state index in [1.165, 1.54) is 42.8 Å². The van der Waals surface area contributed by atoms with Crippen molar-refractivity contribution >= 4 is 22.5 Å². The third kappa shape index (κ3) is 4.47. The number of carbonyl (C=O) groups is 1. The molecule has 1 aliphatic heterocycles. The fraction of sp³-hybridized carbons (Fsp3) is 0.531. The normalized spacial score (nSPS) is 25.1. The van der Waals surface area contributed by atoms with Gasteiger partial charge in [0.05, 0.1) is 5.41 Å². The lowest BCUT2D eigenvalue weighted by Gasteiger charge is -2.25. The van der Waals surface area contributed by atoms with E-state index >= 15 is 0 Å². The van der Waals surface area contributed by atoms with Gasteiger partial charge in [-0.1, -0.05) is 40.7 Å². The molecule has 202 valence electrons. The second kappa shape index (κ2) is 8.25. The van der Waals surface area contributed by atoms with E-state index < -0.39 is 11.4 Å². The first-order valence-corrected chi connectivity index (χ1v) is 14.0. The molecular weight excluding hydrogens is 476 g/mol. The summed E-state index contributed by atoms with van der Waals surface area (Å²) in [4.78, 5) is 13.5. The Labute approximate surface area is 225 Å². The average Bonchev–Trinajstić information content (AvgIpc) is 3.32. The molecule has 0 saturated heterocycles. The standard InChI is InChI=1S/C32H40N2O4/c1-29(2,3)27-16-21-15-23(8-9-24(21)34(27)19-20-11-12-30(4,5)18-20)33-28(35)32(13-14-32)22-7-10-25-26(17-22)38-31(6,36)37-25/h7-10,15-17,20,36H,11-14,18-19H2,1-6H3,(H,33,35). The summed E-state index contributed by atoms with van der Waals surface area (Å²) in [5.74, 6) is -0.0335. The molecule has 2 aliphatic carbocycles. The Morgan fingerprint density at radius 3 is 2.42 bits per heavy atom. The van der Waals surface area contributed by atoms with Gasteiger partial charge in [-0.3, -0.25) is 4.79 Å². The number of nitrogens with one attached hydrogen (secondary N) is 1. The zero-order chi connectivity index (χ0) is 27.1. The Morgan fingerprint density at radius 2 is 1.76 bits per heavy atom. The second-order valence-corrected chi connectivity index (χ2v) is 13.7. The minimum atomic E-state index is -1.67. The molecule has 2 heterocycles. The molecule has 38 heavy (non-hydrogen) atoms. The number of fused-ring (bicyclic) bond motifs is 2. The Morgan fingerprint density at radius 1 is 1.03 bits per heavy atom. The molecule has 6 heteroatoms. The third-order valence-corrected chi connectivity index (χ3v) is 8.72. The molecule has 0 bridgehead atoms. The highest BCUT2D eigenvalue weighted by molar-refractivity contribution is 6.02. The van der Waals surface area contributed by atoms with Gasteiger partial charge in [-0.15, -0.1) is 0 Å². The summed E-state index contributed by atoms with van der Waals surface area (Å²) in [6.45, 7) is 14.1. The molecule has 2 N–H and O–H groups in total. The number of carbonyl (C=O) groups excluding carboxylic acids is 1. The van der Waals surface area contributed by atoms with Crippen LogP contribution in [0.15, 0.2) is 42.5 Å². The van der Waals surface area contributed by atoms with Crippen LogP contribution < -0.4 is 14.8 Å². The Kier molecular flexibility index (Phi) is 5.49. The first-order valence-electron chi connectivity index (χ1n) is 14.0. The van der Waals surface area contributed by atoms with Gasteiger partial charge >= 0.3 is 5.97 Å². The summed E-state index contributed by atoms with van der Waals surface area (Å²) in [7, 11) is 0. The maximum absolute atomic E-state index is 13.5. The first-order chi connectivity index (χ1) is 17.7. The van der Waals surface area contributed by atoms with Crippen molar-refractivity contribution in [1.29, 1.82) is 0 Å². The van der Waals surface area contributed by atoms with E-state index in [1.54, 1.807) is 6.07 Å². The number of amides is 1. The predicted octanol–water partition coefficient (Wildman–Crippen LogP) is 6.87. The number of hydrogen-bond donors (Lipinski definition) is 2. The summed E-state index contributed by atoms with van der Waals surface area (Å²) in [5.41, 5.74) is 4.16. The number of rotatable bonds is 5. The maximum atomic E-state index is 13.5. The topological polar surface area (TPSA) is 72.7 Å². The van der Waals surface area contributed by atoms with Crippen LogP contribution in [0.25, 0.3) is 10.9 Å². The van der Waals surface area contributed by atoms with Crippen LogP contribution >= 0.6 is 0 Å². The van der Waals surface area contributed by atoms with Gasteiger partial charge in [-0.05, 0) is 85.4 Å². The molecule has 0 spiro atoms. The number of ether oxygens (including phenoxy) is 2. The lowest BCUT2D eigenvalue weighted by molar-refractivity contribution is -0.234. The van der Waals surface area contributed by atoms with E-state index in [-0.39, 0.29) is 11.3 Å². The molecule has 2 fully saturated rings. The van der Waals surface area contributed by atoms with Gasteiger partial charge in [0, 0.05) is 41.2 Å². The van der Waals surface area contributed by atoms with Gasteiger partial charge in [-0.2, -0.15) is 0 Å². The molecule has 1 aromatic heterocycles. The molecule has 2 unspecified atom stereocenters. The smallest absolute Gasteiger partial charge is 0.366 e. The molecule has 2 atom stereocenters. The fourth-order valence-corrected chi connectivity index (χ4v) is 6.58. The van der Waals surface area contributed by atoms with Crippen molar-refractivity contribution in [2.24, 2.45) is 11.3 Å². The zero-order valence-corrected chi connectivity index (χ0v) is 23.5. The molecule has 3 aliphatic rings. The fourth-order valence-electron chi connectivity index (χ4n) is 6.58. The highest BCUT2D eigenvalue weighted by Gasteiger charge is 2.52. The highest BCUT2D eigenvalue weighted by Crippen LogP contribution is 2.52. The average molecular weight is 517 g/mol. The summed E-state index contributed by atoms with van der Waals surface area (Å²) in [5, 5.41) is 14.4. The van der Waals surface area contributed by atoms with E-state index in [1.807, 2.05) is 18.2 Å². The van der Waals surface area contributed by atoms with Crippen molar-refractivity contribution in [3.63, 3.8) is 0 Å². The largest absolute Gasteiger partial charge is 0.426 e. The van der Waals surface area contributed by atoms with Crippen LogP contribution in [0.4, 0.5) is 5.69 Å². The molecule has 3 aromatic rings. The summed E-state index contributed by atoms with van der Waals surface area (Å²) >= 11 is 0. The monoisotopic (exact) mass is 516 g/mol. The van der Waals surface area contributed by atoms with Crippen molar-refractivity contribution in [2.75, 3.05) is 5.32 Å². The minimum Gasteiger partial charge on any atom is -0.426 e. The SMILES string of the molecule is CC1(C)CCC(Cn2c(C(C)(C)C)cc3cc(NC(=O)C4(c5ccc6c(c5)OC(C)(O)O6)CC4)ccc32)C1. The van der Waals surface area contributed by atoms with Crippen LogP contribution in [0.3, 0.4) is 0 Å². The van der Waals surface area contributed by atoms with Crippen LogP contribution in [0, 0.1) is 11.3 Å². The quantitative estimate of drug-likeness (QED) is 0.388. The van der Waals surface area contributed by atoms with Crippen molar-refractivity contribution < 1.29 is 19.4 Å². The molecule has 0 radical (unpaired) electrons. The predicted molar refractivity (Wildman–Crippen MR) is 150 cm³/mol. The summed E-state index contributed by atoms with van der Waals surface area (Å²) in [6.07, 6.45) is 5.40. The van der Waals surface area contributed by atoms with Crippen LogP contribution in [-0.4, -0.2) is 21.6 Å². The maximum Gasteiger partial charge on any atom is 0.366 e. The number of nitrogens with zero attached hydrogens (tertiary/aromatic N) is 1. The Bertz CT molecular complexity index is 1420. The van der Waals surface area contributed by atoms with E-state index in [0.29, 0.717) is 22.8 Å². The van der Waals surface area contributed by atoms with E-state index in [2.05, 4.69) is 62.7 Å². The van der Waals surface area contributed by atoms with Gasteiger partial charge in [0.15, 0.2) is 11.5 Å². The molecule has 6 nitrogen and oxygen atoms in total. The van der Waals surface area contributed by atoms with Crippen molar-refractivity contribution in [1.82, 2.24) is 4.57 Å². The van der Waals surface area contributed by atoms with Crippen LogP contribution in [0.2, 0.25) is 0 Å². The van der Waals surface area contributed by atoms with Crippen molar-refractivity contribution in [3.8, 4) is 11.5 Å². The van der Waals surface area contributed by atoms with E-state index in [4.69, 9.17) is 9.47 Å². The van der Waals surface area contributed by atoms with Crippen LogP contribution in [0.1, 0.15) is 84.9 Å². The molecule has 6 rings (SSSR count). The van der Waals surface area contributed by atoms with E-state index in [9.17, 15) is 9.90 Å². The molecule has 2 aromatic carbocycles. The number of benzene rings is 2. The highest BCUT2D eigenvalue weighted by atomic mass is 16.8. The van der Waals surface area contributed by atoms with Crippen LogP contribution in [-0.2, 0) is 22.2 Å². The third-order valence-electron chi connectivity index (χ3n) is 8.72. The number of aliphatic hydroxyl groups is 1. The molecule has 1 amide bonds. The Hall–Kier alpha value is -2.99. The molecular formula is C32H40N2O4. The minimum absolute atomic E-state index is 0.00820. The van der Waals surface area contributed by atoms with Crippen LogP contribution in [0.5, 0.6) is 11.5 Å². The van der Waals surface area contributed by atoms with Gasteiger partial charge in [0.25, 0.3) is 0 Å². The van der Waals surface area contributed by atoms with E-state index in [0.717, 1.165) is 30.6 Å².